The van der Waals surface area contributed by atoms with Crippen molar-refractivity contribution in [1.29, 1.82) is 0 Å². The Bertz CT molecular complexity index is 2620. The van der Waals surface area contributed by atoms with E-state index in [0.717, 1.165) is 18.7 Å². The summed E-state index contributed by atoms with van der Waals surface area (Å²) in [5.41, 5.74) is 20.9. The molecule has 1 N–H and O–H groups in total. The molecule has 0 aliphatic carbocycles. The molecule has 2 nitrogen and oxygen atoms in total. The van der Waals surface area contributed by atoms with Gasteiger partial charge in [-0.3, -0.25) is 0 Å². The molecule has 0 saturated carbocycles. The van der Waals surface area contributed by atoms with Gasteiger partial charge in [0.2, 0.25) is 0 Å². The van der Waals surface area contributed by atoms with Crippen LogP contribution in [0.4, 0.5) is 28.4 Å². The van der Waals surface area contributed by atoms with E-state index in [-0.39, 0.29) is 5.41 Å². The molecule has 2 heterocycles. The lowest BCUT2D eigenvalue weighted by molar-refractivity contribution is 0.632. The summed E-state index contributed by atoms with van der Waals surface area (Å²) in [7, 11) is 0.855. The van der Waals surface area contributed by atoms with Crippen molar-refractivity contribution in [3.8, 4) is 44.5 Å². The standard InChI is InChI=1S/C51H39BN2/c1-51(2)43-24-13-15-28-47(43)54-48-33-39(36-21-10-5-11-22-36)32-42(49(48)52-45-26-16-25-44(51)50(45)54)41-23-12-14-27-46(41)53-40-30-37(34-17-6-3-7-18-34)29-38(31-40)35-19-8-4-9-20-35/h3-33,52-53H,1-2H3. The number of anilines is 5. The van der Waals surface area contributed by atoms with Crippen LogP contribution < -0.4 is 21.1 Å². The Labute approximate surface area is 318 Å². The Morgan fingerprint density at radius 2 is 1.00 bits per heavy atom. The highest BCUT2D eigenvalue weighted by molar-refractivity contribution is 6.73. The molecule has 2 aliphatic rings. The second kappa shape index (κ2) is 12.8. The van der Waals surface area contributed by atoms with Gasteiger partial charge in [0.25, 0.3) is 0 Å². The average Bonchev–Trinajstić information content (AvgIpc) is 3.23. The highest BCUT2D eigenvalue weighted by Gasteiger charge is 2.41. The second-order valence-electron chi connectivity index (χ2n) is 15.1. The van der Waals surface area contributed by atoms with Gasteiger partial charge in [-0.25, -0.2) is 0 Å². The third-order valence-corrected chi connectivity index (χ3v) is 11.4. The number of para-hydroxylation sites is 3. The summed E-state index contributed by atoms with van der Waals surface area (Å²) in [5.74, 6) is 0. The van der Waals surface area contributed by atoms with Crippen molar-refractivity contribution in [2.75, 3.05) is 10.2 Å². The van der Waals surface area contributed by atoms with Crippen molar-refractivity contribution in [2.24, 2.45) is 0 Å². The number of rotatable bonds is 6. The molecule has 3 heteroatoms. The first-order valence-electron chi connectivity index (χ1n) is 18.9. The molecule has 0 bridgehead atoms. The van der Waals surface area contributed by atoms with Gasteiger partial charge in [0, 0.05) is 33.7 Å². The van der Waals surface area contributed by atoms with Gasteiger partial charge in [0.1, 0.15) is 0 Å². The van der Waals surface area contributed by atoms with Crippen molar-refractivity contribution < 1.29 is 0 Å². The van der Waals surface area contributed by atoms with Crippen molar-refractivity contribution in [3.63, 3.8) is 0 Å². The summed E-state index contributed by atoms with van der Waals surface area (Å²) in [5, 5.41) is 3.93. The number of hydrogen-bond acceptors (Lipinski definition) is 2. The van der Waals surface area contributed by atoms with Crippen LogP contribution in [0.3, 0.4) is 0 Å². The monoisotopic (exact) mass is 690 g/mol. The summed E-state index contributed by atoms with van der Waals surface area (Å²) >= 11 is 0. The van der Waals surface area contributed by atoms with E-state index in [4.69, 9.17) is 0 Å². The van der Waals surface area contributed by atoms with E-state index in [9.17, 15) is 0 Å². The summed E-state index contributed by atoms with van der Waals surface area (Å²) < 4.78 is 0. The minimum Gasteiger partial charge on any atom is -0.355 e. The Hall–Kier alpha value is -6.58. The fourth-order valence-corrected chi connectivity index (χ4v) is 8.76. The number of hydrogen-bond donors (Lipinski definition) is 1. The molecule has 256 valence electrons. The molecule has 2 aliphatic heterocycles. The molecule has 54 heavy (non-hydrogen) atoms. The minimum atomic E-state index is -0.112. The largest absolute Gasteiger partial charge is 0.355 e. The SMILES string of the molecule is CC1(C)c2ccccc2N2c3cc(-c4ccccc4)cc(-c4ccccc4Nc4cc(-c5ccccc5)cc(-c5ccccc5)c4)c3Bc3cccc1c32. The molecule has 8 aromatic rings. The Morgan fingerprint density at radius 3 is 1.67 bits per heavy atom. The summed E-state index contributed by atoms with van der Waals surface area (Å²) in [6.45, 7) is 4.75. The zero-order valence-electron chi connectivity index (χ0n) is 30.6. The van der Waals surface area contributed by atoms with Crippen LogP contribution in [0.25, 0.3) is 44.5 Å². The van der Waals surface area contributed by atoms with Crippen LogP contribution >= 0.6 is 0 Å². The van der Waals surface area contributed by atoms with E-state index >= 15 is 0 Å². The van der Waals surface area contributed by atoms with Gasteiger partial charge in [-0.1, -0.05) is 165 Å². The highest BCUT2D eigenvalue weighted by Crippen LogP contribution is 2.52. The van der Waals surface area contributed by atoms with Gasteiger partial charge < -0.3 is 10.2 Å². The smallest absolute Gasteiger partial charge is 0.198 e. The van der Waals surface area contributed by atoms with Gasteiger partial charge in [0.05, 0.1) is 5.69 Å². The normalized spacial score (nSPS) is 13.3. The highest BCUT2D eigenvalue weighted by atomic mass is 15.2. The molecule has 10 rings (SSSR count). The molecule has 8 aromatic carbocycles. The topological polar surface area (TPSA) is 15.3 Å². The maximum atomic E-state index is 3.93. The first-order valence-corrected chi connectivity index (χ1v) is 18.9. The lowest BCUT2D eigenvalue weighted by Gasteiger charge is -2.46. The van der Waals surface area contributed by atoms with Gasteiger partial charge in [-0.15, -0.1) is 0 Å². The first kappa shape index (κ1) is 32.1. The molecule has 0 saturated heterocycles. The third-order valence-electron chi connectivity index (χ3n) is 11.4. The van der Waals surface area contributed by atoms with Crippen LogP contribution in [-0.2, 0) is 5.41 Å². The van der Waals surface area contributed by atoms with Crippen LogP contribution in [0.2, 0.25) is 0 Å². The average molecular weight is 691 g/mol. The van der Waals surface area contributed by atoms with E-state index in [1.54, 1.807) is 0 Å². The number of nitrogens with zero attached hydrogens (tertiary/aromatic N) is 1. The third kappa shape index (κ3) is 5.35. The van der Waals surface area contributed by atoms with E-state index in [2.05, 4.69) is 212 Å². The predicted octanol–water partition coefficient (Wildman–Crippen LogP) is 11.9. The Morgan fingerprint density at radius 1 is 0.444 bits per heavy atom. The quantitative estimate of drug-likeness (QED) is 0.175. The van der Waals surface area contributed by atoms with Gasteiger partial charge in [-0.2, -0.15) is 0 Å². The fraction of sp³-hybridized carbons (Fsp3) is 0.0588. The van der Waals surface area contributed by atoms with Crippen LogP contribution in [-0.4, -0.2) is 7.28 Å². The number of fused-ring (bicyclic) bond motifs is 4. The maximum Gasteiger partial charge on any atom is 0.198 e. The molecule has 0 atom stereocenters. The Kier molecular flexibility index (Phi) is 7.62. The van der Waals surface area contributed by atoms with Crippen LogP contribution in [0, 0.1) is 0 Å². The van der Waals surface area contributed by atoms with Crippen LogP contribution in [0.15, 0.2) is 188 Å². The maximum absolute atomic E-state index is 3.93. The molecule has 0 spiro atoms. The van der Waals surface area contributed by atoms with E-state index in [0.29, 0.717) is 0 Å². The summed E-state index contributed by atoms with van der Waals surface area (Å²) in [6, 6.07) is 68.6. The molecule has 0 radical (unpaired) electrons. The van der Waals surface area contributed by atoms with Crippen molar-refractivity contribution in [2.45, 2.75) is 19.3 Å². The zero-order chi connectivity index (χ0) is 36.2. The van der Waals surface area contributed by atoms with Gasteiger partial charge in [0.15, 0.2) is 7.28 Å². The van der Waals surface area contributed by atoms with E-state index < -0.39 is 0 Å². The summed E-state index contributed by atoms with van der Waals surface area (Å²) in [6.07, 6.45) is 0. The van der Waals surface area contributed by atoms with E-state index in [1.807, 2.05) is 0 Å². The van der Waals surface area contributed by atoms with Crippen LogP contribution in [0.5, 0.6) is 0 Å². The molecule has 0 fully saturated rings. The predicted molar refractivity (Wildman–Crippen MR) is 231 cm³/mol. The summed E-state index contributed by atoms with van der Waals surface area (Å²) in [4.78, 5) is 2.56. The molecular weight excluding hydrogens is 651 g/mol. The second-order valence-corrected chi connectivity index (χ2v) is 15.1. The lowest BCUT2D eigenvalue weighted by Crippen LogP contribution is -2.45. The molecule has 0 aromatic heterocycles. The van der Waals surface area contributed by atoms with Crippen LogP contribution in [0.1, 0.15) is 25.0 Å². The zero-order valence-corrected chi connectivity index (χ0v) is 30.6. The Balaban J connectivity index is 1.18. The van der Waals surface area contributed by atoms with Crippen molar-refractivity contribution in [3.05, 3.63) is 199 Å². The number of benzene rings is 8. The van der Waals surface area contributed by atoms with Gasteiger partial charge >= 0.3 is 0 Å². The van der Waals surface area contributed by atoms with Crippen molar-refractivity contribution in [1.82, 2.24) is 0 Å². The first-order chi connectivity index (χ1) is 26.5. The molecular formula is C51H39BN2. The fourth-order valence-electron chi connectivity index (χ4n) is 8.76. The van der Waals surface area contributed by atoms with Crippen molar-refractivity contribution >= 4 is 46.6 Å². The minimum absolute atomic E-state index is 0.112. The molecule has 0 unspecified atom stereocenters. The number of nitrogens with one attached hydrogen (secondary N) is 1. The molecule has 0 amide bonds. The van der Waals surface area contributed by atoms with E-state index in [1.165, 1.54) is 83.6 Å². The lowest BCUT2D eigenvalue weighted by atomic mass is 9.55. The van der Waals surface area contributed by atoms with Gasteiger partial charge in [-0.05, 0) is 98.0 Å².